The molecule has 2 fully saturated rings. The lowest BCUT2D eigenvalue weighted by molar-refractivity contribution is -0.158. The van der Waals surface area contributed by atoms with Crippen LogP contribution in [0.4, 0.5) is 0 Å². The summed E-state index contributed by atoms with van der Waals surface area (Å²) in [5, 5.41) is 3.25. The molecule has 1 amide bonds. The molecule has 2 rings (SSSR count). The summed E-state index contributed by atoms with van der Waals surface area (Å²) in [6.45, 7) is 10.6. The zero-order chi connectivity index (χ0) is 12.5. The van der Waals surface area contributed by atoms with E-state index in [1.54, 1.807) is 0 Å². The maximum absolute atomic E-state index is 12.2. The lowest BCUT2D eigenvalue weighted by atomic mass is 9.87. The molecule has 0 aromatic carbocycles. The van der Waals surface area contributed by atoms with Gasteiger partial charge in [-0.1, -0.05) is 13.8 Å². The number of ether oxygens (including phenoxy) is 1. The first-order valence-electron chi connectivity index (χ1n) is 6.66. The molecule has 1 N–H and O–H groups in total. The van der Waals surface area contributed by atoms with Crippen molar-refractivity contribution in [1.29, 1.82) is 0 Å². The lowest BCUT2D eigenvalue weighted by Crippen LogP contribution is -2.56. The van der Waals surface area contributed by atoms with Gasteiger partial charge in [0.25, 0.3) is 0 Å². The number of carbonyl (C=O) groups excluding carboxylic acids is 1. The summed E-state index contributed by atoms with van der Waals surface area (Å²) in [4.78, 5) is 14.5. The Hall–Kier alpha value is -0.610. The van der Waals surface area contributed by atoms with E-state index in [2.05, 4.69) is 24.1 Å². The van der Waals surface area contributed by atoms with E-state index in [9.17, 15) is 4.79 Å². The number of hydrogen-bond acceptors (Lipinski definition) is 3. The molecular weight excluding hydrogens is 216 g/mol. The molecule has 0 bridgehead atoms. The summed E-state index contributed by atoms with van der Waals surface area (Å²) in [5.74, 6) is 0.174. The highest BCUT2D eigenvalue weighted by molar-refractivity contribution is 5.84. The highest BCUT2D eigenvalue weighted by atomic mass is 16.5. The molecule has 1 aliphatic heterocycles. The average molecular weight is 240 g/mol. The Labute approximate surface area is 104 Å². The van der Waals surface area contributed by atoms with Crippen LogP contribution in [0.15, 0.2) is 0 Å². The van der Waals surface area contributed by atoms with Gasteiger partial charge in [-0.05, 0) is 32.9 Å². The molecule has 0 radical (unpaired) electrons. The Morgan fingerprint density at radius 2 is 1.88 bits per heavy atom. The molecule has 0 unspecified atom stereocenters. The van der Waals surface area contributed by atoms with Crippen LogP contribution in [0.5, 0.6) is 0 Å². The molecule has 0 atom stereocenters. The van der Waals surface area contributed by atoms with Gasteiger partial charge in [-0.2, -0.15) is 0 Å². The van der Waals surface area contributed by atoms with Gasteiger partial charge in [-0.3, -0.25) is 4.79 Å². The fraction of sp³-hybridized carbons (Fsp3) is 0.923. The van der Waals surface area contributed by atoms with Crippen molar-refractivity contribution in [2.24, 2.45) is 5.41 Å². The molecule has 1 heterocycles. The monoisotopic (exact) mass is 240 g/mol. The first-order chi connectivity index (χ1) is 8.03. The number of amides is 1. The Morgan fingerprint density at radius 1 is 1.29 bits per heavy atom. The largest absolute Gasteiger partial charge is 0.379 e. The summed E-state index contributed by atoms with van der Waals surface area (Å²) in [7, 11) is 0. The molecule has 17 heavy (non-hydrogen) atoms. The number of likely N-dealkylation sites (N-methyl/N-ethyl adjacent to an activating group) is 1. The summed E-state index contributed by atoms with van der Waals surface area (Å²) >= 11 is 0. The normalized spacial score (nSPS) is 24.2. The minimum absolute atomic E-state index is 0.0572. The van der Waals surface area contributed by atoms with Gasteiger partial charge in [-0.25, -0.2) is 0 Å². The van der Waals surface area contributed by atoms with E-state index in [0.29, 0.717) is 13.2 Å². The van der Waals surface area contributed by atoms with Crippen LogP contribution in [0.1, 0.15) is 33.6 Å². The van der Waals surface area contributed by atoms with Crippen LogP contribution in [0.3, 0.4) is 0 Å². The quantitative estimate of drug-likeness (QED) is 0.753. The van der Waals surface area contributed by atoms with Gasteiger partial charge in [0.1, 0.15) is 0 Å². The van der Waals surface area contributed by atoms with Crippen LogP contribution >= 0.6 is 0 Å². The summed E-state index contributed by atoms with van der Waals surface area (Å²) in [6.07, 6.45) is 2.23. The van der Waals surface area contributed by atoms with E-state index in [1.165, 1.54) is 0 Å². The average Bonchev–Trinajstić information content (AvgIpc) is 3.02. The van der Waals surface area contributed by atoms with E-state index in [1.807, 2.05) is 6.92 Å². The summed E-state index contributed by atoms with van der Waals surface area (Å²) in [5.41, 5.74) is -0.222. The fourth-order valence-electron chi connectivity index (χ4n) is 2.28. The first kappa shape index (κ1) is 12.8. The van der Waals surface area contributed by atoms with Gasteiger partial charge in [0.15, 0.2) is 0 Å². The molecule has 98 valence electrons. The third-order valence-electron chi connectivity index (χ3n) is 4.04. The van der Waals surface area contributed by atoms with E-state index < -0.39 is 0 Å². The van der Waals surface area contributed by atoms with Crippen molar-refractivity contribution in [2.75, 3.05) is 32.8 Å². The van der Waals surface area contributed by atoms with Gasteiger partial charge < -0.3 is 15.0 Å². The van der Waals surface area contributed by atoms with Gasteiger partial charge in [0.05, 0.1) is 24.2 Å². The van der Waals surface area contributed by atoms with Crippen LogP contribution in [0.25, 0.3) is 0 Å². The topological polar surface area (TPSA) is 41.6 Å². The van der Waals surface area contributed by atoms with Crippen molar-refractivity contribution >= 4 is 5.91 Å². The van der Waals surface area contributed by atoms with Crippen molar-refractivity contribution in [3.8, 4) is 0 Å². The summed E-state index contributed by atoms with van der Waals surface area (Å²) < 4.78 is 5.15. The van der Waals surface area contributed by atoms with Crippen molar-refractivity contribution in [3.05, 3.63) is 0 Å². The van der Waals surface area contributed by atoms with Crippen LogP contribution in [-0.4, -0.2) is 49.2 Å². The molecule has 1 saturated carbocycles. The summed E-state index contributed by atoms with van der Waals surface area (Å²) in [6, 6.07) is 0. The molecule has 0 aromatic heterocycles. The van der Waals surface area contributed by atoms with Gasteiger partial charge in [0.2, 0.25) is 5.91 Å². The number of carbonyl (C=O) groups is 1. The minimum atomic E-state index is -0.279. The standard InChI is InChI=1S/C13H24N2O2/c1-4-15(5-2)8-13(6-7-13)14-11(16)12(3)9-17-10-12/h4-10H2,1-3H3,(H,14,16). The van der Waals surface area contributed by atoms with Crippen molar-refractivity contribution < 1.29 is 9.53 Å². The van der Waals surface area contributed by atoms with Crippen LogP contribution < -0.4 is 5.32 Å². The Kier molecular flexibility index (Phi) is 3.46. The third kappa shape index (κ3) is 2.63. The second kappa shape index (κ2) is 4.58. The molecule has 0 spiro atoms. The third-order valence-corrected chi connectivity index (χ3v) is 4.04. The van der Waals surface area contributed by atoms with E-state index in [-0.39, 0.29) is 16.9 Å². The smallest absolute Gasteiger partial charge is 0.231 e. The molecule has 1 saturated heterocycles. The van der Waals surface area contributed by atoms with Gasteiger partial charge in [0, 0.05) is 6.54 Å². The van der Waals surface area contributed by atoms with Crippen molar-refractivity contribution in [2.45, 2.75) is 39.2 Å². The Morgan fingerprint density at radius 3 is 2.24 bits per heavy atom. The van der Waals surface area contributed by atoms with Crippen LogP contribution in [0, 0.1) is 5.41 Å². The zero-order valence-corrected chi connectivity index (χ0v) is 11.2. The van der Waals surface area contributed by atoms with Crippen molar-refractivity contribution in [3.63, 3.8) is 0 Å². The highest BCUT2D eigenvalue weighted by Crippen LogP contribution is 2.38. The predicted molar refractivity (Wildman–Crippen MR) is 66.8 cm³/mol. The fourth-order valence-corrected chi connectivity index (χ4v) is 2.28. The maximum Gasteiger partial charge on any atom is 0.231 e. The van der Waals surface area contributed by atoms with Gasteiger partial charge >= 0.3 is 0 Å². The second-order valence-electron chi connectivity index (χ2n) is 5.75. The maximum atomic E-state index is 12.2. The van der Waals surface area contributed by atoms with E-state index >= 15 is 0 Å². The number of hydrogen-bond donors (Lipinski definition) is 1. The van der Waals surface area contributed by atoms with E-state index in [4.69, 9.17) is 4.74 Å². The molecular formula is C13H24N2O2. The molecule has 0 aromatic rings. The van der Waals surface area contributed by atoms with Crippen LogP contribution in [0.2, 0.25) is 0 Å². The molecule has 4 nitrogen and oxygen atoms in total. The van der Waals surface area contributed by atoms with E-state index in [0.717, 1.165) is 32.5 Å². The minimum Gasteiger partial charge on any atom is -0.379 e. The second-order valence-corrected chi connectivity index (χ2v) is 5.75. The number of nitrogens with zero attached hydrogens (tertiary/aromatic N) is 1. The highest BCUT2D eigenvalue weighted by Gasteiger charge is 2.49. The number of nitrogens with one attached hydrogen (secondary N) is 1. The Bertz CT molecular complexity index is 292. The Balaban J connectivity index is 1.87. The predicted octanol–water partition coefficient (Wildman–Crippen LogP) is 1.01. The van der Waals surface area contributed by atoms with Crippen LogP contribution in [-0.2, 0) is 9.53 Å². The molecule has 1 aliphatic carbocycles. The van der Waals surface area contributed by atoms with Gasteiger partial charge in [-0.15, -0.1) is 0 Å². The zero-order valence-electron chi connectivity index (χ0n) is 11.2. The number of rotatable bonds is 6. The lowest BCUT2D eigenvalue weighted by Gasteiger charge is -2.38. The molecule has 2 aliphatic rings. The first-order valence-corrected chi connectivity index (χ1v) is 6.66. The van der Waals surface area contributed by atoms with Crippen molar-refractivity contribution in [1.82, 2.24) is 10.2 Å². The SMILES string of the molecule is CCN(CC)CC1(NC(=O)C2(C)COC2)CC1. The molecule has 4 heteroatoms.